The van der Waals surface area contributed by atoms with Gasteiger partial charge in [0.2, 0.25) is 0 Å². The maximum absolute atomic E-state index is 12.4. The van der Waals surface area contributed by atoms with Gasteiger partial charge in [-0.25, -0.2) is 10.2 Å². The van der Waals surface area contributed by atoms with Gasteiger partial charge < -0.3 is 19.5 Å². The summed E-state index contributed by atoms with van der Waals surface area (Å²) in [4.78, 5) is 27.0. The minimum atomic E-state index is -0.503. The lowest BCUT2D eigenvalue weighted by molar-refractivity contribution is 0.0341. The van der Waals surface area contributed by atoms with Gasteiger partial charge in [-0.1, -0.05) is 24.3 Å². The zero-order valence-electron chi connectivity index (χ0n) is 19.3. The average Bonchev–Trinajstić information content (AvgIpc) is 2.82. The lowest BCUT2D eigenvalue weighted by Gasteiger charge is -2.27. The van der Waals surface area contributed by atoms with Crippen molar-refractivity contribution in [2.45, 2.75) is 33.0 Å². The molecule has 9 heteroatoms. The van der Waals surface area contributed by atoms with Crippen LogP contribution in [0.5, 0.6) is 11.5 Å². The molecule has 1 aliphatic rings. The second-order valence-electron chi connectivity index (χ2n) is 7.95. The highest BCUT2D eigenvalue weighted by molar-refractivity contribution is 5.95. The third kappa shape index (κ3) is 7.37. The molecule has 2 aromatic rings. The SMILES string of the molecule is COc1cc(C(=O)NNC(=O)NCc2ccccc2CN2CCOCC2)ccc1OC(C)C. The van der Waals surface area contributed by atoms with E-state index in [1.54, 1.807) is 18.2 Å². The standard InChI is InChI=1S/C24H32N4O5/c1-17(2)33-21-9-8-18(14-22(21)31-3)23(29)26-27-24(30)25-15-19-6-4-5-7-20(19)16-28-10-12-32-13-11-28/h4-9,14,17H,10-13,15-16H2,1-3H3,(H,26,29)(H2,25,27,30). The van der Waals surface area contributed by atoms with Crippen molar-refractivity contribution in [3.05, 3.63) is 59.2 Å². The van der Waals surface area contributed by atoms with Crippen LogP contribution < -0.4 is 25.6 Å². The highest BCUT2D eigenvalue weighted by Crippen LogP contribution is 2.28. The average molecular weight is 457 g/mol. The van der Waals surface area contributed by atoms with Crippen molar-refractivity contribution >= 4 is 11.9 Å². The van der Waals surface area contributed by atoms with Crippen LogP contribution in [-0.4, -0.2) is 56.4 Å². The van der Waals surface area contributed by atoms with Gasteiger partial charge in [-0.3, -0.25) is 15.1 Å². The fraction of sp³-hybridized carbons (Fsp3) is 0.417. The van der Waals surface area contributed by atoms with E-state index >= 15 is 0 Å². The number of ether oxygens (including phenoxy) is 3. The Bertz CT molecular complexity index is 944. The number of benzene rings is 2. The number of amides is 3. The molecule has 3 N–H and O–H groups in total. The van der Waals surface area contributed by atoms with E-state index in [0.717, 1.165) is 44.0 Å². The van der Waals surface area contributed by atoms with Crippen molar-refractivity contribution in [3.8, 4) is 11.5 Å². The largest absolute Gasteiger partial charge is 0.493 e. The first-order valence-corrected chi connectivity index (χ1v) is 11.0. The van der Waals surface area contributed by atoms with Crippen LogP contribution in [0.2, 0.25) is 0 Å². The Balaban J connectivity index is 1.50. The summed E-state index contributed by atoms with van der Waals surface area (Å²) in [6.07, 6.45) is -0.0251. The molecular weight excluding hydrogens is 424 g/mol. The molecule has 9 nitrogen and oxygen atoms in total. The van der Waals surface area contributed by atoms with E-state index in [2.05, 4.69) is 27.1 Å². The third-order valence-electron chi connectivity index (χ3n) is 5.13. The number of nitrogens with one attached hydrogen (secondary N) is 3. The molecule has 1 heterocycles. The van der Waals surface area contributed by atoms with E-state index in [4.69, 9.17) is 14.2 Å². The van der Waals surface area contributed by atoms with Crippen molar-refractivity contribution in [2.24, 2.45) is 0 Å². The summed E-state index contributed by atoms with van der Waals surface area (Å²) < 4.78 is 16.4. The van der Waals surface area contributed by atoms with Gasteiger partial charge in [0.25, 0.3) is 5.91 Å². The number of urea groups is 1. The number of morpholine rings is 1. The van der Waals surface area contributed by atoms with E-state index in [1.165, 1.54) is 7.11 Å². The number of carbonyl (C=O) groups is 2. The van der Waals surface area contributed by atoms with Crippen molar-refractivity contribution < 1.29 is 23.8 Å². The van der Waals surface area contributed by atoms with Gasteiger partial charge in [0.1, 0.15) is 0 Å². The van der Waals surface area contributed by atoms with Gasteiger partial charge in [0.15, 0.2) is 11.5 Å². The number of carbonyl (C=O) groups excluding carboxylic acids is 2. The summed E-state index contributed by atoms with van der Waals surface area (Å²) in [6, 6.07) is 12.3. The fourth-order valence-corrected chi connectivity index (χ4v) is 3.45. The molecule has 1 saturated heterocycles. The number of hydrazine groups is 1. The number of methoxy groups -OCH3 is 1. The molecule has 3 rings (SSSR count). The van der Waals surface area contributed by atoms with E-state index in [0.29, 0.717) is 23.6 Å². The van der Waals surface area contributed by atoms with Crippen LogP contribution in [-0.2, 0) is 17.8 Å². The van der Waals surface area contributed by atoms with Crippen molar-refractivity contribution in [1.82, 2.24) is 21.1 Å². The van der Waals surface area contributed by atoms with E-state index in [-0.39, 0.29) is 6.10 Å². The van der Waals surface area contributed by atoms with Crippen LogP contribution in [0.15, 0.2) is 42.5 Å². The van der Waals surface area contributed by atoms with Gasteiger partial charge >= 0.3 is 6.03 Å². The quantitative estimate of drug-likeness (QED) is 0.528. The molecule has 33 heavy (non-hydrogen) atoms. The van der Waals surface area contributed by atoms with E-state index in [9.17, 15) is 9.59 Å². The molecule has 178 valence electrons. The zero-order chi connectivity index (χ0) is 23.6. The van der Waals surface area contributed by atoms with Crippen LogP contribution in [0, 0.1) is 0 Å². The molecule has 3 amide bonds. The van der Waals surface area contributed by atoms with Gasteiger partial charge in [-0.05, 0) is 43.2 Å². The molecule has 0 unspecified atom stereocenters. The molecule has 0 aliphatic carbocycles. The summed E-state index contributed by atoms with van der Waals surface area (Å²) in [6.45, 7) is 8.22. The molecule has 1 fully saturated rings. The summed E-state index contributed by atoms with van der Waals surface area (Å²) >= 11 is 0. The number of nitrogens with zero attached hydrogens (tertiary/aromatic N) is 1. The highest BCUT2D eigenvalue weighted by Gasteiger charge is 2.15. The topological polar surface area (TPSA) is 101 Å². The Kier molecular flexibility index (Phi) is 8.91. The first-order chi connectivity index (χ1) is 16.0. The van der Waals surface area contributed by atoms with Crippen LogP contribution in [0.4, 0.5) is 4.79 Å². The minimum Gasteiger partial charge on any atom is -0.493 e. The first-order valence-electron chi connectivity index (χ1n) is 11.0. The second-order valence-corrected chi connectivity index (χ2v) is 7.95. The van der Waals surface area contributed by atoms with Gasteiger partial charge in [0.05, 0.1) is 26.4 Å². The van der Waals surface area contributed by atoms with Crippen molar-refractivity contribution in [2.75, 3.05) is 33.4 Å². The summed E-state index contributed by atoms with van der Waals surface area (Å²) in [5.41, 5.74) is 7.30. The molecule has 0 spiro atoms. The van der Waals surface area contributed by atoms with Crippen molar-refractivity contribution in [3.63, 3.8) is 0 Å². The maximum atomic E-state index is 12.4. The normalized spacial score (nSPS) is 13.9. The predicted octanol–water partition coefficient (Wildman–Crippen LogP) is 2.46. The van der Waals surface area contributed by atoms with Gasteiger partial charge in [0, 0.05) is 31.7 Å². The molecule has 0 atom stereocenters. The molecule has 1 aliphatic heterocycles. The number of rotatable bonds is 8. The number of hydrogen-bond acceptors (Lipinski definition) is 6. The Morgan fingerprint density at radius 3 is 2.45 bits per heavy atom. The van der Waals surface area contributed by atoms with E-state index in [1.807, 2.05) is 32.0 Å². The Morgan fingerprint density at radius 2 is 1.76 bits per heavy atom. The summed E-state index contributed by atoms with van der Waals surface area (Å²) in [5, 5.41) is 2.78. The van der Waals surface area contributed by atoms with Crippen LogP contribution in [0.25, 0.3) is 0 Å². The third-order valence-corrected chi connectivity index (χ3v) is 5.13. The Labute approximate surface area is 194 Å². The Morgan fingerprint density at radius 1 is 1.03 bits per heavy atom. The lowest BCUT2D eigenvalue weighted by atomic mass is 10.1. The monoisotopic (exact) mass is 456 g/mol. The van der Waals surface area contributed by atoms with Crippen LogP contribution in [0.3, 0.4) is 0 Å². The van der Waals surface area contributed by atoms with Crippen molar-refractivity contribution in [1.29, 1.82) is 0 Å². The summed E-state index contributed by atoms with van der Waals surface area (Å²) in [5.74, 6) is 0.524. The van der Waals surface area contributed by atoms with Crippen LogP contribution in [0.1, 0.15) is 35.3 Å². The van der Waals surface area contributed by atoms with E-state index < -0.39 is 11.9 Å². The molecule has 0 saturated carbocycles. The fourth-order valence-electron chi connectivity index (χ4n) is 3.45. The second kappa shape index (κ2) is 12.1. The molecule has 0 bridgehead atoms. The molecule has 2 aromatic carbocycles. The minimum absolute atomic E-state index is 0.0251. The summed E-state index contributed by atoms with van der Waals surface area (Å²) in [7, 11) is 1.51. The lowest BCUT2D eigenvalue weighted by Crippen LogP contribution is -2.46. The molecule has 0 aromatic heterocycles. The Hall–Kier alpha value is -3.30. The maximum Gasteiger partial charge on any atom is 0.333 e. The smallest absolute Gasteiger partial charge is 0.333 e. The van der Waals surface area contributed by atoms with Crippen LogP contribution >= 0.6 is 0 Å². The molecule has 0 radical (unpaired) electrons. The molecular formula is C24H32N4O5. The highest BCUT2D eigenvalue weighted by atomic mass is 16.5. The van der Waals surface area contributed by atoms with Gasteiger partial charge in [-0.2, -0.15) is 0 Å². The zero-order valence-corrected chi connectivity index (χ0v) is 19.3. The predicted molar refractivity (Wildman–Crippen MR) is 124 cm³/mol. The number of hydrogen-bond donors (Lipinski definition) is 3. The first kappa shape index (κ1) is 24.3. The van der Waals surface area contributed by atoms with Gasteiger partial charge in [-0.15, -0.1) is 0 Å².